The Morgan fingerprint density at radius 2 is 0.920 bits per heavy atom. The van der Waals surface area contributed by atoms with Crippen molar-refractivity contribution in [2.24, 2.45) is 0 Å². The number of aromatic nitrogens is 3. The first kappa shape index (κ1) is 40.9. The van der Waals surface area contributed by atoms with Gasteiger partial charge in [0, 0.05) is 58.7 Å². The van der Waals surface area contributed by atoms with E-state index in [0.717, 1.165) is 37.2 Å². The fraction of sp³-hybridized carbons (Fsp3) is 0.119. The standard InChI is InChI=1S/C42H39N4.4BrH/c1-3-7-35(8-4-1)31-44-25-17-40(18-26-44)41-19-27-45(28-20-41)32-36-11-13-38(14-12-36)34-46(33-37-9-5-2-6-10-37)29-21-42(22-30-46)39-15-23-43-24-16-39;;;;/h1-29H,30-34H2;4*1H/q+3;;;;/p-3. The third-order valence-corrected chi connectivity index (χ3v) is 8.85. The Morgan fingerprint density at radius 3 is 1.40 bits per heavy atom. The van der Waals surface area contributed by atoms with Crippen molar-refractivity contribution in [3.63, 3.8) is 0 Å². The summed E-state index contributed by atoms with van der Waals surface area (Å²) in [6.45, 7) is 4.59. The van der Waals surface area contributed by atoms with Crippen molar-refractivity contribution >= 4 is 5.57 Å². The van der Waals surface area contributed by atoms with Crippen molar-refractivity contribution in [2.75, 3.05) is 6.54 Å². The van der Waals surface area contributed by atoms with Crippen LogP contribution in [-0.2, 0) is 26.2 Å². The quantitative estimate of drug-likeness (QED) is 0.0973. The molecule has 4 nitrogen and oxygen atoms in total. The van der Waals surface area contributed by atoms with Crippen LogP contribution in [0.2, 0.25) is 0 Å². The van der Waals surface area contributed by atoms with Crippen LogP contribution in [0.4, 0.5) is 0 Å². The van der Waals surface area contributed by atoms with E-state index < -0.39 is 0 Å². The molecule has 1 aliphatic rings. The van der Waals surface area contributed by atoms with Gasteiger partial charge in [0.05, 0.1) is 6.20 Å². The van der Waals surface area contributed by atoms with E-state index >= 15 is 0 Å². The maximum atomic E-state index is 3.13. The highest BCUT2D eigenvalue weighted by atomic mass is 79.9. The SMILES string of the molecule is C1=C[N+](Cc2ccccc2)(Cc2ccc(C[n+]3ccc(-c4cc[n+](Cc5ccccc5)cc4)cc3)cc2)CC=C1c1cc[nH+]cc1.[Br-].[Br-].[Br-].[Br-]. The number of H-pyrrole nitrogens is 1. The summed E-state index contributed by atoms with van der Waals surface area (Å²) in [6, 6.07) is 43.7. The zero-order valence-corrected chi connectivity index (χ0v) is 34.0. The second-order valence-corrected chi connectivity index (χ2v) is 12.3. The summed E-state index contributed by atoms with van der Waals surface area (Å²) in [5.41, 5.74) is 10.3. The molecule has 50 heavy (non-hydrogen) atoms. The average molecular weight is 920 g/mol. The Balaban J connectivity index is 0.00000169. The summed E-state index contributed by atoms with van der Waals surface area (Å²) in [5.74, 6) is 0. The number of halogens is 4. The molecule has 0 radical (unpaired) electrons. The lowest BCUT2D eigenvalue weighted by molar-refractivity contribution is -0.901. The lowest BCUT2D eigenvalue weighted by atomic mass is 10.0. The molecule has 1 atom stereocenters. The predicted molar refractivity (Wildman–Crippen MR) is 182 cm³/mol. The van der Waals surface area contributed by atoms with Crippen LogP contribution in [0.1, 0.15) is 27.8 Å². The van der Waals surface area contributed by atoms with Crippen molar-refractivity contribution in [1.29, 1.82) is 0 Å². The van der Waals surface area contributed by atoms with Crippen molar-refractivity contribution in [3.05, 3.63) is 205 Å². The third kappa shape index (κ3) is 10.7. The maximum absolute atomic E-state index is 3.13. The molecule has 1 N–H and O–H groups in total. The minimum absolute atomic E-state index is 0. The first-order valence-corrected chi connectivity index (χ1v) is 16.1. The molecule has 7 rings (SSSR count). The molecule has 0 aliphatic carbocycles. The molecule has 1 unspecified atom stereocenters. The van der Waals surface area contributed by atoms with Gasteiger partial charge in [0.25, 0.3) is 0 Å². The van der Waals surface area contributed by atoms with E-state index in [0.29, 0.717) is 0 Å². The van der Waals surface area contributed by atoms with Crippen molar-refractivity contribution in [1.82, 2.24) is 0 Å². The molecule has 256 valence electrons. The van der Waals surface area contributed by atoms with Gasteiger partial charge in [-0.3, -0.25) is 4.48 Å². The van der Waals surface area contributed by atoms with Gasteiger partial charge in [-0.2, -0.15) is 0 Å². The third-order valence-electron chi connectivity index (χ3n) is 8.85. The molecular formula is C42H40Br4N4. The van der Waals surface area contributed by atoms with E-state index in [1.807, 2.05) is 12.4 Å². The topological polar surface area (TPSA) is 21.9 Å². The number of quaternary nitrogens is 1. The van der Waals surface area contributed by atoms with Crippen molar-refractivity contribution in [3.8, 4) is 11.1 Å². The van der Waals surface area contributed by atoms with E-state index in [-0.39, 0.29) is 67.9 Å². The minimum Gasteiger partial charge on any atom is -1.00 e. The lowest BCUT2D eigenvalue weighted by Crippen LogP contribution is -3.00. The van der Waals surface area contributed by atoms with Gasteiger partial charge in [-0.05, 0) is 34.4 Å². The van der Waals surface area contributed by atoms with Gasteiger partial charge in [-0.25, -0.2) is 14.1 Å². The fourth-order valence-electron chi connectivity index (χ4n) is 6.31. The number of hydrogen-bond donors (Lipinski definition) is 0. The fourth-order valence-corrected chi connectivity index (χ4v) is 6.31. The van der Waals surface area contributed by atoms with Gasteiger partial charge < -0.3 is 67.9 Å². The number of nitrogens with zero attached hydrogens (tertiary/aromatic N) is 3. The normalized spacial score (nSPS) is 14.5. The Kier molecular flexibility index (Phi) is 16.2. The molecular weight excluding hydrogens is 880 g/mol. The van der Waals surface area contributed by atoms with Gasteiger partial charge in [0.15, 0.2) is 50.3 Å². The van der Waals surface area contributed by atoms with Gasteiger partial charge in [-0.1, -0.05) is 84.9 Å². The Morgan fingerprint density at radius 1 is 0.480 bits per heavy atom. The Labute approximate surface area is 338 Å². The molecule has 1 aliphatic heterocycles. The average Bonchev–Trinajstić information content (AvgIpc) is 3.11. The smallest absolute Gasteiger partial charge is 0.173 e. The lowest BCUT2D eigenvalue weighted by Gasteiger charge is -2.36. The number of pyridine rings is 3. The van der Waals surface area contributed by atoms with E-state index in [2.05, 4.69) is 179 Å². The summed E-state index contributed by atoms with van der Waals surface area (Å²) in [6.07, 6.45) is 19.8. The van der Waals surface area contributed by atoms with Gasteiger partial charge in [-0.15, -0.1) is 0 Å². The number of rotatable bonds is 10. The summed E-state index contributed by atoms with van der Waals surface area (Å²) >= 11 is 0. The number of aromatic amines is 1. The number of allylic oxidation sites excluding steroid dienone is 2. The van der Waals surface area contributed by atoms with Crippen molar-refractivity contribution < 1.29 is 86.5 Å². The monoisotopic (exact) mass is 916 g/mol. The highest BCUT2D eigenvalue weighted by Crippen LogP contribution is 2.28. The van der Waals surface area contributed by atoms with E-state index in [1.165, 1.54) is 44.5 Å². The summed E-state index contributed by atoms with van der Waals surface area (Å²) in [4.78, 5) is 3.13. The molecule has 4 heterocycles. The van der Waals surface area contributed by atoms with Gasteiger partial charge in [0.2, 0.25) is 0 Å². The number of benzene rings is 3. The second-order valence-electron chi connectivity index (χ2n) is 12.3. The molecule has 6 aromatic rings. The van der Waals surface area contributed by atoms with Crippen LogP contribution in [0, 0.1) is 0 Å². The molecule has 3 aromatic carbocycles. The number of hydrogen-bond acceptors (Lipinski definition) is 0. The van der Waals surface area contributed by atoms with Crippen LogP contribution in [-0.4, -0.2) is 11.0 Å². The molecule has 0 saturated carbocycles. The first-order valence-electron chi connectivity index (χ1n) is 16.1. The minimum atomic E-state index is 0. The maximum Gasteiger partial charge on any atom is 0.173 e. The molecule has 0 amide bonds. The van der Waals surface area contributed by atoms with Crippen LogP contribution in [0.3, 0.4) is 0 Å². The van der Waals surface area contributed by atoms with E-state index in [4.69, 9.17) is 0 Å². The highest BCUT2D eigenvalue weighted by Gasteiger charge is 2.28. The van der Waals surface area contributed by atoms with Gasteiger partial charge in [0.1, 0.15) is 19.6 Å². The summed E-state index contributed by atoms with van der Waals surface area (Å²) < 4.78 is 5.34. The summed E-state index contributed by atoms with van der Waals surface area (Å²) in [7, 11) is 0. The van der Waals surface area contributed by atoms with Crippen LogP contribution in [0.25, 0.3) is 16.7 Å². The Bertz CT molecular complexity index is 1930. The molecule has 8 heteroatoms. The number of nitrogens with one attached hydrogen (secondary N) is 1. The van der Waals surface area contributed by atoms with Crippen LogP contribution in [0.15, 0.2) is 177 Å². The largest absolute Gasteiger partial charge is 1.00 e. The van der Waals surface area contributed by atoms with Crippen molar-refractivity contribution in [2.45, 2.75) is 26.2 Å². The zero-order chi connectivity index (χ0) is 31.0. The van der Waals surface area contributed by atoms with E-state index in [1.54, 1.807) is 0 Å². The van der Waals surface area contributed by atoms with Crippen LogP contribution >= 0.6 is 0 Å². The highest BCUT2D eigenvalue weighted by molar-refractivity contribution is 5.73. The van der Waals surface area contributed by atoms with E-state index in [9.17, 15) is 0 Å². The molecule has 0 saturated heterocycles. The molecule has 0 spiro atoms. The van der Waals surface area contributed by atoms with Crippen LogP contribution < -0.4 is 82.0 Å². The second kappa shape index (κ2) is 19.8. The predicted octanol–water partition coefficient (Wildman–Crippen LogP) is -5.02. The zero-order valence-electron chi connectivity index (χ0n) is 27.6. The summed E-state index contributed by atoms with van der Waals surface area (Å²) in [5, 5.41) is 0. The first-order chi connectivity index (χ1) is 22.7. The molecule has 3 aromatic heterocycles. The van der Waals surface area contributed by atoms with Gasteiger partial charge >= 0.3 is 0 Å². The molecule has 0 bridgehead atoms. The van der Waals surface area contributed by atoms with Crippen LogP contribution in [0.5, 0.6) is 0 Å². The Hall–Kier alpha value is -3.53. The molecule has 0 fully saturated rings.